The number of hydrogen-bond donors (Lipinski definition) is 3. The highest BCUT2D eigenvalue weighted by molar-refractivity contribution is 5.94. The number of hydrogen-bond acceptors (Lipinski definition) is 6. The van der Waals surface area contributed by atoms with Gasteiger partial charge >= 0.3 is 0 Å². The average molecular weight is 377 g/mol. The Morgan fingerprint density at radius 3 is 2.54 bits per heavy atom. The molecular weight excluding hydrogens is 358 g/mol. The van der Waals surface area contributed by atoms with Crippen LogP contribution in [0.1, 0.15) is 17.3 Å². The van der Waals surface area contributed by atoms with Gasteiger partial charge in [-0.15, -0.1) is 10.2 Å². The molecule has 2 aromatic carbocycles. The number of azo groups is 1. The quantitative estimate of drug-likeness (QED) is 0.452. The summed E-state index contributed by atoms with van der Waals surface area (Å²) in [6.07, 6.45) is 1.39. The van der Waals surface area contributed by atoms with Gasteiger partial charge in [-0.2, -0.15) is 0 Å². The molecule has 0 spiro atoms. The number of phenols is 1. The SMILES string of the molecule is CC(=O)NCCNC(=O)c1ccc(N=Nc2ccc3ccccc3c2O)nc1. The second-order valence-corrected chi connectivity index (χ2v) is 6.00. The van der Waals surface area contributed by atoms with Crippen molar-refractivity contribution in [1.82, 2.24) is 15.6 Å². The van der Waals surface area contributed by atoms with Crippen molar-refractivity contribution in [1.29, 1.82) is 0 Å². The van der Waals surface area contributed by atoms with Crippen molar-refractivity contribution in [3.05, 3.63) is 60.3 Å². The van der Waals surface area contributed by atoms with Crippen LogP contribution in [0.5, 0.6) is 5.75 Å². The lowest BCUT2D eigenvalue weighted by molar-refractivity contribution is -0.118. The van der Waals surface area contributed by atoms with E-state index >= 15 is 0 Å². The molecule has 3 rings (SSSR count). The van der Waals surface area contributed by atoms with E-state index in [0.717, 1.165) is 5.39 Å². The second kappa shape index (κ2) is 8.72. The van der Waals surface area contributed by atoms with Gasteiger partial charge in [-0.1, -0.05) is 30.3 Å². The minimum atomic E-state index is -0.298. The molecule has 0 radical (unpaired) electrons. The van der Waals surface area contributed by atoms with E-state index < -0.39 is 0 Å². The Bertz CT molecular complexity index is 1030. The van der Waals surface area contributed by atoms with Crippen LogP contribution in [-0.2, 0) is 4.79 Å². The lowest BCUT2D eigenvalue weighted by Gasteiger charge is -2.05. The van der Waals surface area contributed by atoms with E-state index in [4.69, 9.17) is 0 Å². The number of nitrogens with zero attached hydrogens (tertiary/aromatic N) is 3. The van der Waals surface area contributed by atoms with Crippen molar-refractivity contribution < 1.29 is 14.7 Å². The fraction of sp³-hybridized carbons (Fsp3) is 0.150. The molecule has 0 saturated heterocycles. The van der Waals surface area contributed by atoms with Gasteiger partial charge in [0.1, 0.15) is 5.69 Å². The first-order valence-corrected chi connectivity index (χ1v) is 8.66. The van der Waals surface area contributed by atoms with Crippen molar-refractivity contribution in [2.75, 3.05) is 13.1 Å². The summed E-state index contributed by atoms with van der Waals surface area (Å²) in [6, 6.07) is 14.1. The first-order chi connectivity index (χ1) is 13.5. The Balaban J connectivity index is 1.65. The second-order valence-electron chi connectivity index (χ2n) is 6.00. The fourth-order valence-electron chi connectivity index (χ4n) is 2.53. The third-order valence-corrected chi connectivity index (χ3v) is 3.93. The van der Waals surface area contributed by atoms with Crippen LogP contribution in [0, 0.1) is 0 Å². The van der Waals surface area contributed by atoms with Crippen LogP contribution >= 0.6 is 0 Å². The summed E-state index contributed by atoms with van der Waals surface area (Å²) in [7, 11) is 0. The van der Waals surface area contributed by atoms with Crippen molar-refractivity contribution in [2.45, 2.75) is 6.92 Å². The van der Waals surface area contributed by atoms with Crippen LogP contribution in [-0.4, -0.2) is 35.0 Å². The van der Waals surface area contributed by atoms with Gasteiger partial charge < -0.3 is 15.7 Å². The summed E-state index contributed by atoms with van der Waals surface area (Å²) >= 11 is 0. The maximum Gasteiger partial charge on any atom is 0.252 e. The number of carbonyl (C=O) groups excluding carboxylic acids is 2. The van der Waals surface area contributed by atoms with Crippen LogP contribution in [0.15, 0.2) is 65.0 Å². The van der Waals surface area contributed by atoms with Gasteiger partial charge in [-0.25, -0.2) is 4.98 Å². The highest BCUT2D eigenvalue weighted by Gasteiger charge is 2.07. The smallest absolute Gasteiger partial charge is 0.252 e. The highest BCUT2D eigenvalue weighted by atomic mass is 16.3. The van der Waals surface area contributed by atoms with E-state index in [2.05, 4.69) is 25.8 Å². The molecule has 0 aliphatic heterocycles. The van der Waals surface area contributed by atoms with Gasteiger partial charge in [0.05, 0.1) is 5.56 Å². The van der Waals surface area contributed by atoms with Crippen LogP contribution in [0.25, 0.3) is 10.8 Å². The Hall–Kier alpha value is -3.81. The van der Waals surface area contributed by atoms with E-state index in [1.807, 2.05) is 24.3 Å². The fourth-order valence-corrected chi connectivity index (χ4v) is 2.53. The Morgan fingerprint density at radius 2 is 1.79 bits per heavy atom. The molecule has 8 nitrogen and oxygen atoms in total. The summed E-state index contributed by atoms with van der Waals surface area (Å²) < 4.78 is 0. The van der Waals surface area contributed by atoms with Gasteiger partial charge in [0.25, 0.3) is 5.91 Å². The van der Waals surface area contributed by atoms with E-state index in [9.17, 15) is 14.7 Å². The molecule has 0 bridgehead atoms. The molecular formula is C20H19N5O3. The van der Waals surface area contributed by atoms with Gasteiger partial charge in [0, 0.05) is 31.6 Å². The van der Waals surface area contributed by atoms with Crippen LogP contribution in [0.2, 0.25) is 0 Å². The van der Waals surface area contributed by atoms with Crippen molar-refractivity contribution in [3.8, 4) is 5.75 Å². The van der Waals surface area contributed by atoms with Crippen LogP contribution in [0.4, 0.5) is 11.5 Å². The number of nitrogens with one attached hydrogen (secondary N) is 2. The van der Waals surface area contributed by atoms with Gasteiger partial charge in [0.15, 0.2) is 11.6 Å². The first-order valence-electron chi connectivity index (χ1n) is 8.66. The van der Waals surface area contributed by atoms with E-state index in [0.29, 0.717) is 35.5 Å². The average Bonchev–Trinajstić information content (AvgIpc) is 2.71. The molecule has 28 heavy (non-hydrogen) atoms. The number of carbonyl (C=O) groups is 2. The molecule has 3 N–H and O–H groups in total. The molecule has 0 fully saturated rings. The third kappa shape index (κ3) is 4.67. The number of rotatable bonds is 6. The Kier molecular flexibility index (Phi) is 5.91. The summed E-state index contributed by atoms with van der Waals surface area (Å²) in [4.78, 5) is 26.9. The highest BCUT2D eigenvalue weighted by Crippen LogP contribution is 2.35. The lowest BCUT2D eigenvalue weighted by Crippen LogP contribution is -2.33. The predicted octanol–water partition coefficient (Wildman–Crippen LogP) is 3.22. The predicted molar refractivity (Wildman–Crippen MR) is 105 cm³/mol. The normalized spacial score (nSPS) is 10.9. The zero-order valence-corrected chi connectivity index (χ0v) is 15.2. The van der Waals surface area contributed by atoms with E-state index in [1.165, 1.54) is 13.1 Å². The van der Waals surface area contributed by atoms with Gasteiger partial charge in [0.2, 0.25) is 5.91 Å². The summed E-state index contributed by atoms with van der Waals surface area (Å²) in [6.45, 7) is 2.09. The molecule has 0 atom stereocenters. The molecule has 1 aromatic heterocycles. The molecule has 0 saturated carbocycles. The number of phenolic OH excluding ortho intramolecular Hbond substituents is 1. The molecule has 0 aliphatic carbocycles. The monoisotopic (exact) mass is 377 g/mol. The lowest BCUT2D eigenvalue weighted by atomic mass is 10.1. The number of aromatic hydroxyl groups is 1. The number of benzene rings is 2. The standard InChI is InChI=1S/C20H19N5O3/c1-13(26)21-10-11-22-20(28)15-7-9-18(23-12-15)25-24-17-8-6-14-4-2-3-5-16(14)19(17)27/h2-9,12,27H,10-11H2,1H3,(H,21,26)(H,22,28). The molecule has 1 heterocycles. The van der Waals surface area contributed by atoms with Gasteiger partial charge in [-0.3, -0.25) is 9.59 Å². The molecule has 2 amide bonds. The maximum atomic E-state index is 12.0. The zero-order valence-electron chi connectivity index (χ0n) is 15.2. The van der Waals surface area contributed by atoms with Crippen molar-refractivity contribution in [2.24, 2.45) is 10.2 Å². The first kappa shape index (κ1) is 19.0. The largest absolute Gasteiger partial charge is 0.505 e. The minimum absolute atomic E-state index is 0.0528. The van der Waals surface area contributed by atoms with Crippen LogP contribution < -0.4 is 10.6 Å². The number of fused-ring (bicyclic) bond motifs is 1. The summed E-state index contributed by atoms with van der Waals surface area (Å²) in [5.41, 5.74) is 0.704. The molecule has 142 valence electrons. The number of aromatic nitrogens is 1. The zero-order chi connectivity index (χ0) is 19.9. The minimum Gasteiger partial charge on any atom is -0.505 e. The topological polar surface area (TPSA) is 116 Å². The molecule has 3 aromatic rings. The van der Waals surface area contributed by atoms with E-state index in [1.54, 1.807) is 24.3 Å². The Labute approximate surface area is 161 Å². The Morgan fingerprint density at radius 1 is 1.00 bits per heavy atom. The molecule has 0 aliphatic rings. The maximum absolute atomic E-state index is 12.0. The van der Waals surface area contributed by atoms with Crippen molar-refractivity contribution in [3.63, 3.8) is 0 Å². The summed E-state index contributed by atoms with van der Waals surface area (Å²) in [5, 5.41) is 25.3. The number of pyridine rings is 1. The third-order valence-electron chi connectivity index (χ3n) is 3.93. The van der Waals surface area contributed by atoms with Crippen molar-refractivity contribution >= 4 is 34.1 Å². The van der Waals surface area contributed by atoms with Crippen LogP contribution in [0.3, 0.4) is 0 Å². The molecule has 0 unspecified atom stereocenters. The van der Waals surface area contributed by atoms with Gasteiger partial charge in [-0.05, 0) is 23.6 Å². The van der Waals surface area contributed by atoms with E-state index in [-0.39, 0.29) is 17.6 Å². The molecule has 8 heteroatoms. The number of amides is 2. The summed E-state index contributed by atoms with van der Waals surface area (Å²) in [5.74, 6) is -0.0871.